The predicted octanol–water partition coefficient (Wildman–Crippen LogP) is 1.92. The van der Waals surface area contributed by atoms with E-state index in [0.717, 1.165) is 24.4 Å². The molecule has 0 bridgehead atoms. The minimum absolute atomic E-state index is 0.0299. The molecule has 0 aliphatic carbocycles. The van der Waals surface area contributed by atoms with Crippen LogP contribution in [0.15, 0.2) is 18.2 Å². The Kier molecular flexibility index (Phi) is 4.96. The van der Waals surface area contributed by atoms with Gasteiger partial charge in [0.2, 0.25) is 5.91 Å². The summed E-state index contributed by atoms with van der Waals surface area (Å²) in [4.78, 5) is 11.9. The molecule has 1 atom stereocenters. The first-order valence-corrected chi connectivity index (χ1v) is 7.10. The molecular weight excluding hydrogens is 343 g/mol. The zero-order chi connectivity index (χ0) is 13.0. The van der Waals surface area contributed by atoms with E-state index in [0.29, 0.717) is 13.0 Å². The van der Waals surface area contributed by atoms with Crippen LogP contribution in [0.4, 0.5) is 5.69 Å². The first kappa shape index (κ1) is 13.8. The Balaban J connectivity index is 1.90. The molecule has 18 heavy (non-hydrogen) atoms. The van der Waals surface area contributed by atoms with E-state index in [2.05, 4.69) is 39.3 Å². The van der Waals surface area contributed by atoms with Gasteiger partial charge in [0, 0.05) is 28.3 Å². The van der Waals surface area contributed by atoms with E-state index in [1.54, 1.807) is 0 Å². The molecule has 1 aliphatic heterocycles. The number of carbonyl (C=O) groups excluding carboxylic acids is 1. The van der Waals surface area contributed by atoms with Gasteiger partial charge in [-0.15, -0.1) is 0 Å². The Labute approximate surface area is 121 Å². The van der Waals surface area contributed by atoms with Crippen LogP contribution in [0.2, 0.25) is 0 Å². The molecule has 0 radical (unpaired) electrons. The summed E-state index contributed by atoms with van der Waals surface area (Å²) in [6, 6.07) is 6.12. The van der Waals surface area contributed by atoms with E-state index in [9.17, 15) is 4.79 Å². The van der Waals surface area contributed by atoms with Crippen molar-refractivity contribution in [3.8, 4) is 0 Å². The van der Waals surface area contributed by atoms with Crippen LogP contribution in [0.25, 0.3) is 0 Å². The summed E-state index contributed by atoms with van der Waals surface area (Å²) < 4.78 is 6.50. The molecule has 5 heteroatoms. The first-order valence-electron chi connectivity index (χ1n) is 6.02. The van der Waals surface area contributed by atoms with E-state index in [4.69, 9.17) is 4.74 Å². The molecule has 1 amide bonds. The highest BCUT2D eigenvalue weighted by molar-refractivity contribution is 14.1. The third kappa shape index (κ3) is 3.93. The summed E-state index contributed by atoms with van der Waals surface area (Å²) in [5.74, 6) is 0.0299. The molecule has 98 valence electrons. The van der Waals surface area contributed by atoms with Crippen LogP contribution in [-0.2, 0) is 9.53 Å². The number of ether oxygens (including phenoxy) is 1. The number of hydrogen-bond donors (Lipinski definition) is 2. The highest BCUT2D eigenvalue weighted by atomic mass is 127. The lowest BCUT2D eigenvalue weighted by molar-refractivity contribution is -0.117. The molecule has 0 aromatic heterocycles. The van der Waals surface area contributed by atoms with Gasteiger partial charge in [0.05, 0.1) is 13.2 Å². The lowest BCUT2D eigenvalue weighted by Crippen LogP contribution is -2.43. The number of morpholine rings is 1. The van der Waals surface area contributed by atoms with Gasteiger partial charge in [0.15, 0.2) is 0 Å². The Morgan fingerprint density at radius 2 is 2.44 bits per heavy atom. The summed E-state index contributed by atoms with van der Waals surface area (Å²) in [5, 5.41) is 6.22. The van der Waals surface area contributed by atoms with Gasteiger partial charge in [0.1, 0.15) is 0 Å². The van der Waals surface area contributed by atoms with E-state index >= 15 is 0 Å². The molecule has 1 unspecified atom stereocenters. The number of nitrogens with one attached hydrogen (secondary N) is 2. The molecule has 2 rings (SSSR count). The molecule has 4 nitrogen and oxygen atoms in total. The lowest BCUT2D eigenvalue weighted by Gasteiger charge is -2.23. The summed E-state index contributed by atoms with van der Waals surface area (Å²) in [6.45, 7) is 4.16. The Bertz CT molecular complexity index is 431. The zero-order valence-electron chi connectivity index (χ0n) is 10.3. The Morgan fingerprint density at radius 1 is 1.61 bits per heavy atom. The largest absolute Gasteiger partial charge is 0.378 e. The van der Waals surface area contributed by atoms with E-state index in [-0.39, 0.29) is 11.9 Å². The molecule has 1 fully saturated rings. The second-order valence-electron chi connectivity index (χ2n) is 4.44. The lowest BCUT2D eigenvalue weighted by atomic mass is 10.1. The van der Waals surface area contributed by atoms with Crippen molar-refractivity contribution in [3.63, 3.8) is 0 Å². The van der Waals surface area contributed by atoms with Crippen molar-refractivity contribution in [1.82, 2.24) is 5.32 Å². The highest BCUT2D eigenvalue weighted by Gasteiger charge is 2.17. The third-order valence-electron chi connectivity index (χ3n) is 2.89. The fourth-order valence-corrected chi connectivity index (χ4v) is 2.59. The monoisotopic (exact) mass is 360 g/mol. The SMILES string of the molecule is Cc1cc(I)ccc1NC(=O)CC1COCCN1. The molecule has 2 N–H and O–H groups in total. The van der Waals surface area contributed by atoms with Crippen LogP contribution in [0.5, 0.6) is 0 Å². The molecule has 1 aromatic rings. The van der Waals surface area contributed by atoms with Crippen LogP contribution in [0.1, 0.15) is 12.0 Å². The number of anilines is 1. The molecule has 0 saturated carbocycles. The molecule has 0 spiro atoms. The number of hydrogen-bond acceptors (Lipinski definition) is 3. The molecule has 1 saturated heterocycles. The number of halogens is 1. The van der Waals surface area contributed by atoms with Crippen LogP contribution in [0.3, 0.4) is 0 Å². The molecule has 1 aliphatic rings. The van der Waals surface area contributed by atoms with Gasteiger partial charge in [-0.3, -0.25) is 4.79 Å². The van der Waals surface area contributed by atoms with Gasteiger partial charge in [0.25, 0.3) is 0 Å². The van der Waals surface area contributed by atoms with Gasteiger partial charge in [-0.2, -0.15) is 0 Å². The Hall–Kier alpha value is -0.660. The average molecular weight is 360 g/mol. The van der Waals surface area contributed by atoms with Crippen LogP contribution in [0, 0.1) is 10.5 Å². The van der Waals surface area contributed by atoms with E-state index < -0.39 is 0 Å². The van der Waals surface area contributed by atoms with Crippen molar-refractivity contribution in [1.29, 1.82) is 0 Å². The topological polar surface area (TPSA) is 50.4 Å². The van der Waals surface area contributed by atoms with Crippen molar-refractivity contribution in [2.45, 2.75) is 19.4 Å². The quantitative estimate of drug-likeness (QED) is 0.810. The smallest absolute Gasteiger partial charge is 0.226 e. The summed E-state index contributed by atoms with van der Waals surface area (Å²) in [7, 11) is 0. The third-order valence-corrected chi connectivity index (χ3v) is 3.56. The maximum Gasteiger partial charge on any atom is 0.226 e. The van der Waals surface area contributed by atoms with Crippen molar-refractivity contribution < 1.29 is 9.53 Å². The highest BCUT2D eigenvalue weighted by Crippen LogP contribution is 2.18. The summed E-state index contributed by atoms with van der Waals surface area (Å²) in [5.41, 5.74) is 1.97. The van der Waals surface area contributed by atoms with Crippen molar-refractivity contribution >= 4 is 34.2 Å². The molecular formula is C13H17IN2O2. The van der Waals surface area contributed by atoms with Crippen LogP contribution in [-0.4, -0.2) is 31.7 Å². The molecule has 1 heterocycles. The van der Waals surface area contributed by atoms with E-state index in [1.807, 2.05) is 19.1 Å². The van der Waals surface area contributed by atoms with Gasteiger partial charge in [-0.05, 0) is 53.3 Å². The minimum Gasteiger partial charge on any atom is -0.378 e. The van der Waals surface area contributed by atoms with Gasteiger partial charge >= 0.3 is 0 Å². The maximum atomic E-state index is 11.9. The van der Waals surface area contributed by atoms with Gasteiger partial charge in [-0.1, -0.05) is 0 Å². The van der Waals surface area contributed by atoms with Crippen molar-refractivity contribution in [2.75, 3.05) is 25.1 Å². The standard InChI is InChI=1S/C13H17IN2O2/c1-9-6-10(14)2-3-12(9)16-13(17)7-11-8-18-5-4-15-11/h2-3,6,11,15H,4-5,7-8H2,1H3,(H,16,17). The number of aryl methyl sites for hydroxylation is 1. The second-order valence-corrected chi connectivity index (χ2v) is 5.68. The summed E-state index contributed by atoms with van der Waals surface area (Å²) >= 11 is 2.26. The minimum atomic E-state index is 0.0299. The fraction of sp³-hybridized carbons (Fsp3) is 0.462. The average Bonchev–Trinajstić information content (AvgIpc) is 2.34. The zero-order valence-corrected chi connectivity index (χ0v) is 12.5. The second kappa shape index (κ2) is 6.49. The van der Waals surface area contributed by atoms with E-state index in [1.165, 1.54) is 3.57 Å². The number of carbonyl (C=O) groups is 1. The van der Waals surface area contributed by atoms with Crippen LogP contribution < -0.4 is 10.6 Å². The normalized spacial score (nSPS) is 19.6. The molecule has 1 aromatic carbocycles. The van der Waals surface area contributed by atoms with Crippen molar-refractivity contribution in [3.05, 3.63) is 27.3 Å². The maximum absolute atomic E-state index is 11.9. The van der Waals surface area contributed by atoms with Crippen LogP contribution >= 0.6 is 22.6 Å². The number of benzene rings is 1. The fourth-order valence-electron chi connectivity index (χ4n) is 1.94. The number of rotatable bonds is 3. The van der Waals surface area contributed by atoms with Gasteiger partial charge < -0.3 is 15.4 Å². The van der Waals surface area contributed by atoms with Crippen molar-refractivity contribution in [2.24, 2.45) is 0 Å². The number of amides is 1. The summed E-state index contributed by atoms with van der Waals surface area (Å²) in [6.07, 6.45) is 0.450. The Morgan fingerprint density at radius 3 is 3.11 bits per heavy atom. The van der Waals surface area contributed by atoms with Gasteiger partial charge in [-0.25, -0.2) is 0 Å². The first-order chi connectivity index (χ1) is 8.65. The predicted molar refractivity (Wildman–Crippen MR) is 79.8 cm³/mol.